The van der Waals surface area contributed by atoms with Gasteiger partial charge in [0.2, 0.25) is 5.96 Å². The summed E-state index contributed by atoms with van der Waals surface area (Å²) in [5.74, 6) is -0.0933. The molecule has 2 aromatic carbocycles. The third-order valence-corrected chi connectivity index (χ3v) is 7.94. The van der Waals surface area contributed by atoms with Gasteiger partial charge in [0.1, 0.15) is 24.0 Å². The zero-order valence-corrected chi connectivity index (χ0v) is 22.3. The number of carbonyl (C=O) groups is 1. The molecule has 0 saturated carbocycles. The molecule has 0 aromatic heterocycles. The number of sulfonamides is 1. The summed E-state index contributed by atoms with van der Waals surface area (Å²) >= 11 is 0. The number of hydrogen-bond donors (Lipinski definition) is 4. The fourth-order valence-electron chi connectivity index (χ4n) is 4.36. The van der Waals surface area contributed by atoms with Gasteiger partial charge in [0.05, 0.1) is 4.90 Å². The second-order valence-corrected chi connectivity index (χ2v) is 11.4. The lowest BCUT2D eigenvalue weighted by Gasteiger charge is -2.19. The number of hydrogen-bond acceptors (Lipinski definition) is 7. The van der Waals surface area contributed by atoms with Gasteiger partial charge in [0, 0.05) is 18.5 Å². The van der Waals surface area contributed by atoms with Crippen LogP contribution in [0.25, 0.3) is 0 Å². The zero-order chi connectivity index (χ0) is 26.7. The summed E-state index contributed by atoms with van der Waals surface area (Å²) in [7, 11) is -3.99. The molecule has 196 valence electrons. The predicted molar refractivity (Wildman–Crippen MR) is 139 cm³/mol. The number of benzene rings is 2. The van der Waals surface area contributed by atoms with Gasteiger partial charge >= 0.3 is 5.97 Å². The average Bonchev–Trinajstić information content (AvgIpc) is 3.14. The largest absolute Gasteiger partial charge is 0.487 e. The van der Waals surface area contributed by atoms with Crippen LogP contribution in [0.3, 0.4) is 0 Å². The lowest BCUT2D eigenvalue weighted by Crippen LogP contribution is -2.41. The zero-order valence-electron chi connectivity index (χ0n) is 21.5. The van der Waals surface area contributed by atoms with Gasteiger partial charge in [-0.3, -0.25) is 10.2 Å². The molecule has 0 fully saturated rings. The normalized spacial score (nSPS) is 14.9. The van der Waals surface area contributed by atoms with Gasteiger partial charge in [-0.2, -0.15) is 0 Å². The number of guanidine groups is 1. The fourth-order valence-corrected chi connectivity index (χ4v) is 5.88. The predicted octanol–water partition coefficient (Wildman–Crippen LogP) is 2.98. The van der Waals surface area contributed by atoms with Gasteiger partial charge in [0.25, 0.3) is 10.0 Å². The van der Waals surface area contributed by atoms with E-state index in [-0.39, 0.29) is 24.0 Å². The standard InChI is InChI=1S/C26H36N4O5S/c1-16-17(2)23(18(3)20-14-26(4,5)35-22(16)20)36(32,33)30-25(28)29-13-9-12-21(27)24(31)34-15-19-10-7-6-8-11-19/h6-8,10-11,21H,9,12-15,27H2,1-5H3,(H3,28,29,30)/t21-/m0/s1. The number of rotatable bonds is 9. The Balaban J connectivity index is 1.52. The van der Waals surface area contributed by atoms with Gasteiger partial charge in [-0.1, -0.05) is 30.3 Å². The smallest absolute Gasteiger partial charge is 0.323 e. The SMILES string of the molecule is Cc1c(C)c(S(=O)(=O)NC(=N)NCCC[C@H](N)C(=O)OCc2ccccc2)c(C)c2c1OC(C)(C)C2. The summed E-state index contributed by atoms with van der Waals surface area (Å²) < 4.78 is 40.0. The minimum absolute atomic E-state index is 0.155. The Morgan fingerprint density at radius 3 is 2.50 bits per heavy atom. The molecule has 1 atom stereocenters. The summed E-state index contributed by atoms with van der Waals surface area (Å²) in [4.78, 5) is 12.3. The number of nitrogens with two attached hydrogens (primary N) is 1. The molecule has 0 bridgehead atoms. The molecular weight excluding hydrogens is 480 g/mol. The van der Waals surface area contributed by atoms with E-state index in [1.807, 2.05) is 51.1 Å². The van der Waals surface area contributed by atoms with Gasteiger partial charge in [-0.15, -0.1) is 0 Å². The summed E-state index contributed by atoms with van der Waals surface area (Å²) in [6.07, 6.45) is 1.40. The Morgan fingerprint density at radius 2 is 1.83 bits per heavy atom. The molecule has 0 unspecified atom stereocenters. The summed E-state index contributed by atoms with van der Waals surface area (Å²) in [6.45, 7) is 9.75. The van der Waals surface area contributed by atoms with Crippen molar-refractivity contribution < 1.29 is 22.7 Å². The summed E-state index contributed by atoms with van der Waals surface area (Å²) in [5, 5.41) is 10.8. The second kappa shape index (κ2) is 10.9. The molecule has 0 saturated heterocycles. The van der Waals surface area contributed by atoms with Crippen molar-refractivity contribution >= 4 is 22.0 Å². The third kappa shape index (κ3) is 6.36. The van der Waals surface area contributed by atoms with Gasteiger partial charge in [0.15, 0.2) is 0 Å². The second-order valence-electron chi connectivity index (χ2n) is 9.80. The molecule has 3 rings (SSSR count). The molecule has 9 nitrogen and oxygen atoms in total. The van der Waals surface area contributed by atoms with Crippen molar-refractivity contribution in [3.05, 3.63) is 58.1 Å². The quantitative estimate of drug-likeness (QED) is 0.174. The van der Waals surface area contributed by atoms with Crippen LogP contribution < -0.4 is 20.5 Å². The third-order valence-electron chi connectivity index (χ3n) is 6.32. The Kier molecular flexibility index (Phi) is 8.30. The van der Waals surface area contributed by atoms with Crippen LogP contribution in [0.4, 0.5) is 0 Å². The first-order chi connectivity index (χ1) is 16.8. The van der Waals surface area contributed by atoms with E-state index < -0.39 is 27.6 Å². The molecule has 10 heteroatoms. The highest BCUT2D eigenvalue weighted by Gasteiger charge is 2.36. The van der Waals surface area contributed by atoms with Crippen molar-refractivity contribution in [2.45, 2.75) is 77.0 Å². The molecule has 1 aliphatic rings. The monoisotopic (exact) mass is 516 g/mol. The van der Waals surface area contributed by atoms with Gasteiger partial charge in [-0.25, -0.2) is 13.1 Å². The maximum atomic E-state index is 13.2. The van der Waals surface area contributed by atoms with E-state index in [4.69, 9.17) is 20.6 Å². The van der Waals surface area contributed by atoms with Crippen molar-refractivity contribution in [3.63, 3.8) is 0 Å². The van der Waals surface area contributed by atoms with E-state index in [0.29, 0.717) is 30.4 Å². The topological polar surface area (TPSA) is 144 Å². The molecule has 1 aliphatic heterocycles. The first-order valence-corrected chi connectivity index (χ1v) is 13.4. The van der Waals surface area contributed by atoms with Gasteiger partial charge < -0.3 is 20.5 Å². The highest BCUT2D eigenvalue weighted by atomic mass is 32.2. The highest BCUT2D eigenvalue weighted by molar-refractivity contribution is 7.90. The van der Waals surface area contributed by atoms with Gasteiger partial charge in [-0.05, 0) is 69.7 Å². The molecular formula is C26H36N4O5S. The van der Waals surface area contributed by atoms with Crippen molar-refractivity contribution in [2.24, 2.45) is 5.73 Å². The van der Waals surface area contributed by atoms with Crippen LogP contribution in [-0.2, 0) is 32.6 Å². The molecule has 1 heterocycles. The Morgan fingerprint density at radius 1 is 1.17 bits per heavy atom. The van der Waals surface area contributed by atoms with E-state index in [0.717, 1.165) is 22.4 Å². The number of fused-ring (bicyclic) bond motifs is 1. The number of ether oxygens (including phenoxy) is 2. The Hall–Kier alpha value is -3.11. The van der Waals surface area contributed by atoms with Crippen LogP contribution in [0.1, 0.15) is 54.5 Å². The van der Waals surface area contributed by atoms with E-state index >= 15 is 0 Å². The maximum Gasteiger partial charge on any atom is 0.323 e. The van der Waals surface area contributed by atoms with Crippen molar-refractivity contribution in [1.29, 1.82) is 5.41 Å². The molecule has 0 radical (unpaired) electrons. The molecule has 5 N–H and O–H groups in total. The molecule has 0 spiro atoms. The minimum Gasteiger partial charge on any atom is -0.487 e. The first-order valence-electron chi connectivity index (χ1n) is 12.0. The summed E-state index contributed by atoms with van der Waals surface area (Å²) in [6, 6.07) is 8.52. The molecule has 0 aliphatic carbocycles. The lowest BCUT2D eigenvalue weighted by molar-refractivity contribution is -0.146. The lowest BCUT2D eigenvalue weighted by atomic mass is 9.94. The van der Waals surface area contributed by atoms with Crippen molar-refractivity contribution in [3.8, 4) is 5.75 Å². The van der Waals surface area contributed by atoms with Crippen LogP contribution in [0, 0.1) is 26.2 Å². The van der Waals surface area contributed by atoms with Crippen LogP contribution in [0.5, 0.6) is 5.75 Å². The number of esters is 1. The number of nitrogens with one attached hydrogen (secondary N) is 3. The molecule has 36 heavy (non-hydrogen) atoms. The number of carbonyl (C=O) groups excluding carboxylic acids is 1. The van der Waals surface area contributed by atoms with E-state index in [9.17, 15) is 13.2 Å². The van der Waals surface area contributed by atoms with E-state index in [1.54, 1.807) is 13.8 Å². The molecule has 0 amide bonds. The average molecular weight is 517 g/mol. The van der Waals surface area contributed by atoms with Crippen LogP contribution >= 0.6 is 0 Å². The van der Waals surface area contributed by atoms with Crippen LogP contribution in [-0.4, -0.2) is 38.5 Å². The maximum absolute atomic E-state index is 13.2. The van der Waals surface area contributed by atoms with E-state index in [2.05, 4.69) is 10.0 Å². The minimum atomic E-state index is -3.99. The fraction of sp³-hybridized carbons (Fsp3) is 0.462. The summed E-state index contributed by atoms with van der Waals surface area (Å²) in [5.41, 5.74) is 9.30. The Labute approximate surface area is 213 Å². The van der Waals surface area contributed by atoms with E-state index in [1.165, 1.54) is 0 Å². The molecule has 2 aromatic rings. The van der Waals surface area contributed by atoms with Crippen molar-refractivity contribution in [1.82, 2.24) is 10.0 Å². The Bertz CT molecular complexity index is 1240. The van der Waals surface area contributed by atoms with Crippen LogP contribution in [0.15, 0.2) is 35.2 Å². The van der Waals surface area contributed by atoms with Crippen molar-refractivity contribution in [2.75, 3.05) is 6.54 Å². The van der Waals surface area contributed by atoms with Crippen LogP contribution in [0.2, 0.25) is 0 Å². The highest BCUT2D eigenvalue weighted by Crippen LogP contribution is 2.43. The first kappa shape index (κ1) is 27.5.